The van der Waals surface area contributed by atoms with Gasteiger partial charge in [0.05, 0.1) is 16.3 Å². The Bertz CT molecular complexity index is 276. The van der Waals surface area contributed by atoms with Gasteiger partial charge < -0.3 is 4.74 Å². The van der Waals surface area contributed by atoms with Gasteiger partial charge in [-0.1, -0.05) is 0 Å². The van der Waals surface area contributed by atoms with E-state index in [1.807, 2.05) is 0 Å². The molecular formula is C6H6FIN2O. The summed E-state index contributed by atoms with van der Waals surface area (Å²) in [4.78, 5) is 0. The van der Waals surface area contributed by atoms with Gasteiger partial charge in [0.15, 0.2) is 6.17 Å². The summed E-state index contributed by atoms with van der Waals surface area (Å²) in [5.74, 6) is 0.694. The van der Waals surface area contributed by atoms with E-state index >= 15 is 0 Å². The maximum Gasteiger partial charge on any atom is 0.225 e. The molecule has 0 amide bonds. The number of rotatable bonds is 0. The molecule has 2 heterocycles. The SMILES string of the molecule is F[C@H]1COc2c(I)cnn2C1. The molecular weight excluding hydrogens is 262 g/mol. The Morgan fingerprint density at radius 1 is 1.82 bits per heavy atom. The highest BCUT2D eigenvalue weighted by molar-refractivity contribution is 14.1. The molecule has 0 aliphatic carbocycles. The Morgan fingerprint density at radius 3 is 3.45 bits per heavy atom. The molecule has 2 rings (SSSR count). The topological polar surface area (TPSA) is 27.1 Å². The van der Waals surface area contributed by atoms with Gasteiger partial charge in [-0.05, 0) is 22.6 Å². The lowest BCUT2D eigenvalue weighted by atomic mass is 10.4. The van der Waals surface area contributed by atoms with E-state index < -0.39 is 6.17 Å². The van der Waals surface area contributed by atoms with E-state index in [4.69, 9.17) is 4.74 Å². The van der Waals surface area contributed by atoms with Crippen LogP contribution < -0.4 is 4.74 Å². The van der Waals surface area contributed by atoms with Crippen LogP contribution in [0, 0.1) is 3.57 Å². The second-order valence-corrected chi connectivity index (χ2v) is 3.55. The van der Waals surface area contributed by atoms with Crippen LogP contribution in [0.2, 0.25) is 0 Å². The molecule has 0 saturated carbocycles. The van der Waals surface area contributed by atoms with Crippen molar-refractivity contribution in [1.82, 2.24) is 9.78 Å². The summed E-state index contributed by atoms with van der Waals surface area (Å²) in [5.41, 5.74) is 0. The average Bonchev–Trinajstić information content (AvgIpc) is 2.32. The molecule has 0 bridgehead atoms. The molecule has 1 atom stereocenters. The van der Waals surface area contributed by atoms with Gasteiger partial charge in [-0.25, -0.2) is 9.07 Å². The van der Waals surface area contributed by atoms with Crippen LogP contribution in [0.25, 0.3) is 0 Å². The molecule has 0 aromatic carbocycles. The van der Waals surface area contributed by atoms with Gasteiger partial charge in [-0.3, -0.25) is 0 Å². The zero-order valence-corrected chi connectivity index (χ0v) is 7.79. The fourth-order valence-corrected chi connectivity index (χ4v) is 1.59. The molecule has 3 nitrogen and oxygen atoms in total. The molecule has 0 radical (unpaired) electrons. The smallest absolute Gasteiger partial charge is 0.225 e. The van der Waals surface area contributed by atoms with Gasteiger partial charge in [-0.2, -0.15) is 5.10 Å². The third-order valence-electron chi connectivity index (χ3n) is 1.52. The van der Waals surface area contributed by atoms with E-state index in [2.05, 4.69) is 27.7 Å². The van der Waals surface area contributed by atoms with E-state index in [1.54, 1.807) is 10.9 Å². The number of nitrogens with zero attached hydrogens (tertiary/aromatic N) is 2. The maximum atomic E-state index is 12.7. The molecule has 0 fully saturated rings. The minimum Gasteiger partial charge on any atom is -0.474 e. The Balaban J connectivity index is 2.36. The molecule has 1 aromatic rings. The first kappa shape index (κ1) is 7.33. The number of fused-ring (bicyclic) bond motifs is 1. The predicted molar refractivity (Wildman–Crippen MR) is 45.3 cm³/mol. The van der Waals surface area contributed by atoms with Crippen molar-refractivity contribution in [3.63, 3.8) is 0 Å². The third kappa shape index (κ3) is 1.21. The van der Waals surface area contributed by atoms with Gasteiger partial charge in [-0.15, -0.1) is 0 Å². The summed E-state index contributed by atoms with van der Waals surface area (Å²) in [6.45, 7) is 0.472. The van der Waals surface area contributed by atoms with Crippen LogP contribution in [0.3, 0.4) is 0 Å². The van der Waals surface area contributed by atoms with Gasteiger partial charge in [0.25, 0.3) is 0 Å². The fourth-order valence-electron chi connectivity index (χ4n) is 1.03. The van der Waals surface area contributed by atoms with Crippen molar-refractivity contribution in [1.29, 1.82) is 0 Å². The van der Waals surface area contributed by atoms with Crippen molar-refractivity contribution < 1.29 is 9.13 Å². The highest BCUT2D eigenvalue weighted by Crippen LogP contribution is 2.24. The van der Waals surface area contributed by atoms with Crippen molar-refractivity contribution >= 4 is 22.6 Å². The summed E-state index contributed by atoms with van der Waals surface area (Å²) in [6.07, 6.45) is 0.756. The van der Waals surface area contributed by atoms with Gasteiger partial charge >= 0.3 is 0 Å². The molecule has 0 unspecified atom stereocenters. The second-order valence-electron chi connectivity index (χ2n) is 2.39. The van der Waals surface area contributed by atoms with Crippen LogP contribution in [0.5, 0.6) is 5.88 Å². The highest BCUT2D eigenvalue weighted by atomic mass is 127. The van der Waals surface area contributed by atoms with Crippen molar-refractivity contribution in [3.05, 3.63) is 9.77 Å². The molecule has 11 heavy (non-hydrogen) atoms. The summed E-state index contributed by atoms with van der Waals surface area (Å²) >= 11 is 2.11. The van der Waals surface area contributed by atoms with Crippen LogP contribution in [0.1, 0.15) is 0 Å². The number of aromatic nitrogens is 2. The Labute approximate surface area is 76.7 Å². The number of hydrogen-bond acceptors (Lipinski definition) is 2. The molecule has 5 heteroatoms. The molecule has 1 aromatic heterocycles. The minimum absolute atomic E-state index is 0.154. The van der Waals surface area contributed by atoms with Crippen molar-refractivity contribution in [2.45, 2.75) is 12.7 Å². The average molecular weight is 268 g/mol. The first-order valence-electron chi connectivity index (χ1n) is 3.25. The third-order valence-corrected chi connectivity index (χ3v) is 2.26. The molecule has 0 spiro atoms. The molecule has 0 N–H and O–H groups in total. The zero-order valence-electron chi connectivity index (χ0n) is 5.63. The highest BCUT2D eigenvalue weighted by Gasteiger charge is 2.21. The number of halogens is 2. The van der Waals surface area contributed by atoms with Crippen LogP contribution in [-0.4, -0.2) is 22.6 Å². The molecule has 1 aliphatic heterocycles. The van der Waals surface area contributed by atoms with Gasteiger partial charge in [0.2, 0.25) is 5.88 Å². The number of ether oxygens (including phenoxy) is 1. The first-order valence-corrected chi connectivity index (χ1v) is 4.33. The normalized spacial score (nSPS) is 22.5. The van der Waals surface area contributed by atoms with E-state index in [9.17, 15) is 4.39 Å². The van der Waals surface area contributed by atoms with E-state index in [0.717, 1.165) is 3.57 Å². The van der Waals surface area contributed by atoms with Crippen molar-refractivity contribution in [2.75, 3.05) is 6.61 Å². The van der Waals surface area contributed by atoms with Gasteiger partial charge in [0.1, 0.15) is 6.61 Å². The van der Waals surface area contributed by atoms with E-state index in [0.29, 0.717) is 12.4 Å². The summed E-state index contributed by atoms with van der Waals surface area (Å²) in [7, 11) is 0. The molecule has 1 aliphatic rings. The number of hydrogen-bond donors (Lipinski definition) is 0. The lowest BCUT2D eigenvalue weighted by Crippen LogP contribution is -2.26. The van der Waals surface area contributed by atoms with Crippen LogP contribution in [0.4, 0.5) is 4.39 Å². The van der Waals surface area contributed by atoms with E-state index in [-0.39, 0.29) is 6.61 Å². The summed E-state index contributed by atoms with van der Waals surface area (Å²) in [5, 5.41) is 3.95. The van der Waals surface area contributed by atoms with Crippen LogP contribution in [-0.2, 0) is 6.54 Å². The Hall–Kier alpha value is -0.330. The maximum absolute atomic E-state index is 12.7. The molecule has 0 saturated heterocycles. The molecule has 60 valence electrons. The largest absolute Gasteiger partial charge is 0.474 e. The van der Waals surface area contributed by atoms with Crippen LogP contribution >= 0.6 is 22.6 Å². The quantitative estimate of drug-likeness (QED) is 0.661. The van der Waals surface area contributed by atoms with Gasteiger partial charge in [0, 0.05) is 0 Å². The minimum atomic E-state index is -0.918. The number of alkyl halides is 1. The lowest BCUT2D eigenvalue weighted by Gasteiger charge is -2.18. The standard InChI is InChI=1S/C6H6FIN2O/c7-4-2-10-6(11-3-4)5(8)1-9-10/h1,4H,2-3H2/t4-/m1/s1. The Morgan fingerprint density at radius 2 is 2.64 bits per heavy atom. The van der Waals surface area contributed by atoms with E-state index in [1.165, 1.54) is 0 Å². The monoisotopic (exact) mass is 268 g/mol. The van der Waals surface area contributed by atoms with Crippen molar-refractivity contribution in [3.8, 4) is 5.88 Å². The van der Waals surface area contributed by atoms with Crippen molar-refractivity contribution in [2.24, 2.45) is 0 Å². The predicted octanol–water partition coefficient (Wildman–Crippen LogP) is 1.22. The fraction of sp³-hybridized carbons (Fsp3) is 0.500. The van der Waals surface area contributed by atoms with Crippen LogP contribution in [0.15, 0.2) is 6.20 Å². The first-order chi connectivity index (χ1) is 5.27. The second kappa shape index (κ2) is 2.62. The Kier molecular flexibility index (Phi) is 1.74. The summed E-state index contributed by atoms with van der Waals surface area (Å²) in [6, 6.07) is 0. The summed E-state index contributed by atoms with van der Waals surface area (Å²) < 4.78 is 20.3. The lowest BCUT2D eigenvalue weighted by molar-refractivity contribution is 0.124. The zero-order chi connectivity index (χ0) is 7.84.